The lowest BCUT2D eigenvalue weighted by Gasteiger charge is -2.10. The van der Waals surface area contributed by atoms with Gasteiger partial charge in [0.2, 0.25) is 11.2 Å². The molecule has 1 fully saturated rings. The molecular weight excluding hydrogens is 298 g/mol. The molecule has 9 heteroatoms. The zero-order valence-electron chi connectivity index (χ0n) is 11.5. The average molecular weight is 312 g/mol. The molecule has 1 aliphatic rings. The summed E-state index contributed by atoms with van der Waals surface area (Å²) in [5, 5.41) is 4.45. The van der Waals surface area contributed by atoms with Crippen LogP contribution >= 0.6 is 11.6 Å². The van der Waals surface area contributed by atoms with Gasteiger partial charge in [-0.15, -0.1) is 0 Å². The molecule has 1 aromatic heterocycles. The Bertz CT molecular complexity index is 603. The summed E-state index contributed by atoms with van der Waals surface area (Å²) in [4.78, 5) is 32.3. The van der Waals surface area contributed by atoms with Gasteiger partial charge in [0.25, 0.3) is 5.91 Å². The van der Waals surface area contributed by atoms with Crippen molar-refractivity contribution in [2.75, 3.05) is 27.2 Å². The van der Waals surface area contributed by atoms with Crippen LogP contribution in [0.3, 0.4) is 0 Å². The number of hydrogen-bond donors (Lipinski definition) is 2. The molecule has 0 unspecified atom stereocenters. The summed E-state index contributed by atoms with van der Waals surface area (Å²) < 4.78 is 5.46. The van der Waals surface area contributed by atoms with Gasteiger partial charge in [-0.25, -0.2) is 9.78 Å². The van der Waals surface area contributed by atoms with Gasteiger partial charge in [0.15, 0.2) is 0 Å². The summed E-state index contributed by atoms with van der Waals surface area (Å²) >= 11 is 5.81. The Labute approximate surface area is 126 Å². The lowest BCUT2D eigenvalue weighted by molar-refractivity contribution is -0.115. The number of rotatable bonds is 5. The van der Waals surface area contributed by atoms with E-state index in [4.69, 9.17) is 16.3 Å². The van der Waals surface area contributed by atoms with Crippen LogP contribution in [0.15, 0.2) is 11.8 Å². The number of carbonyl (C=O) groups is 2. The van der Waals surface area contributed by atoms with Crippen LogP contribution in [0.4, 0.5) is 4.79 Å². The summed E-state index contributed by atoms with van der Waals surface area (Å²) in [7, 11) is 3.85. The second kappa shape index (κ2) is 6.51. The number of hydrogen-bond acceptors (Lipinski definition) is 6. The Morgan fingerprint density at radius 2 is 2.10 bits per heavy atom. The third kappa shape index (κ3) is 4.40. The second-order valence-electron chi connectivity index (χ2n) is 4.52. The molecule has 0 atom stereocenters. The molecule has 112 valence electrons. The van der Waals surface area contributed by atoms with E-state index >= 15 is 0 Å². The normalized spacial score (nSPS) is 16.3. The molecule has 2 N–H and O–H groups in total. The van der Waals surface area contributed by atoms with Crippen molar-refractivity contribution in [3.05, 3.63) is 22.7 Å². The highest BCUT2D eigenvalue weighted by molar-refractivity contribution is 6.28. The van der Waals surface area contributed by atoms with Crippen molar-refractivity contribution in [3.8, 4) is 5.88 Å². The molecule has 1 aromatic rings. The summed E-state index contributed by atoms with van der Waals surface area (Å²) in [6, 6.07) is 0.959. The van der Waals surface area contributed by atoms with Gasteiger partial charge in [0.05, 0.1) is 5.69 Å². The molecule has 2 heterocycles. The van der Waals surface area contributed by atoms with E-state index in [1.165, 1.54) is 12.1 Å². The molecule has 21 heavy (non-hydrogen) atoms. The maximum Gasteiger partial charge on any atom is 0.326 e. The minimum Gasteiger partial charge on any atom is -0.476 e. The quantitative estimate of drug-likeness (QED) is 0.460. The maximum atomic E-state index is 11.4. The van der Waals surface area contributed by atoms with E-state index in [-0.39, 0.29) is 11.0 Å². The van der Waals surface area contributed by atoms with Gasteiger partial charge in [-0.2, -0.15) is 4.98 Å². The van der Waals surface area contributed by atoms with Crippen LogP contribution in [0.5, 0.6) is 5.88 Å². The first-order valence-electron chi connectivity index (χ1n) is 6.10. The average Bonchev–Trinajstić information content (AvgIpc) is 2.66. The number of nitrogens with one attached hydrogen (secondary N) is 2. The van der Waals surface area contributed by atoms with Crippen LogP contribution < -0.4 is 15.4 Å². The molecular formula is C12H14ClN5O3. The fourth-order valence-corrected chi connectivity index (χ4v) is 1.71. The predicted molar refractivity (Wildman–Crippen MR) is 75.7 cm³/mol. The number of likely N-dealkylation sites (N-methyl/N-ethyl adjacent to an activating group) is 1. The zero-order valence-corrected chi connectivity index (χ0v) is 12.3. The van der Waals surface area contributed by atoms with Crippen molar-refractivity contribution >= 4 is 29.6 Å². The predicted octanol–water partition coefficient (Wildman–Crippen LogP) is 0.251. The molecule has 8 nitrogen and oxygen atoms in total. The van der Waals surface area contributed by atoms with Crippen LogP contribution in [0.1, 0.15) is 5.69 Å². The molecule has 1 saturated heterocycles. The minimum atomic E-state index is -0.575. The molecule has 0 radical (unpaired) electrons. The topological polar surface area (TPSA) is 96.5 Å². The SMILES string of the molecule is CN(C)CCOc1cc(C=C2NC(=O)NC2=O)nc(Cl)n1. The summed E-state index contributed by atoms with van der Waals surface area (Å²) in [5.41, 5.74) is 0.455. The Morgan fingerprint density at radius 3 is 2.71 bits per heavy atom. The number of halogens is 1. The van der Waals surface area contributed by atoms with Gasteiger partial charge in [-0.1, -0.05) is 0 Å². The van der Waals surface area contributed by atoms with Gasteiger partial charge in [0.1, 0.15) is 12.3 Å². The van der Waals surface area contributed by atoms with Crippen LogP contribution in [-0.4, -0.2) is 54.1 Å². The molecule has 0 bridgehead atoms. The first-order chi connectivity index (χ1) is 9.94. The van der Waals surface area contributed by atoms with Gasteiger partial charge in [0, 0.05) is 12.6 Å². The first kappa shape index (κ1) is 15.2. The number of aromatic nitrogens is 2. The largest absolute Gasteiger partial charge is 0.476 e. The highest BCUT2D eigenvalue weighted by Crippen LogP contribution is 2.15. The zero-order chi connectivity index (χ0) is 15.4. The number of carbonyl (C=O) groups excluding carboxylic acids is 2. The Balaban J connectivity index is 2.13. The van der Waals surface area contributed by atoms with Crippen LogP contribution in [0.25, 0.3) is 6.08 Å². The highest BCUT2D eigenvalue weighted by Gasteiger charge is 2.23. The van der Waals surface area contributed by atoms with Crippen LogP contribution in [0.2, 0.25) is 5.28 Å². The smallest absolute Gasteiger partial charge is 0.326 e. The molecule has 0 saturated carbocycles. The monoisotopic (exact) mass is 311 g/mol. The van der Waals surface area contributed by atoms with Crippen molar-refractivity contribution in [2.24, 2.45) is 0 Å². The van der Waals surface area contributed by atoms with E-state index < -0.39 is 11.9 Å². The Kier molecular flexibility index (Phi) is 4.71. The van der Waals surface area contributed by atoms with Gasteiger partial charge < -0.3 is 15.0 Å². The third-order valence-corrected chi connectivity index (χ3v) is 2.66. The van der Waals surface area contributed by atoms with Crippen LogP contribution in [-0.2, 0) is 4.79 Å². The van der Waals surface area contributed by atoms with E-state index in [1.807, 2.05) is 19.0 Å². The fourth-order valence-electron chi connectivity index (χ4n) is 1.52. The van der Waals surface area contributed by atoms with Crippen molar-refractivity contribution in [1.82, 2.24) is 25.5 Å². The Hall–Kier alpha value is -2.19. The second-order valence-corrected chi connectivity index (χ2v) is 4.86. The van der Waals surface area contributed by atoms with Crippen molar-refractivity contribution in [3.63, 3.8) is 0 Å². The minimum absolute atomic E-state index is 0.00562. The van der Waals surface area contributed by atoms with Gasteiger partial charge >= 0.3 is 6.03 Å². The number of urea groups is 1. The fraction of sp³-hybridized carbons (Fsp3) is 0.333. The summed E-state index contributed by atoms with van der Waals surface area (Å²) in [5.74, 6) is -0.224. The first-order valence-corrected chi connectivity index (χ1v) is 6.48. The number of imide groups is 1. The molecule has 0 aromatic carbocycles. The van der Waals surface area contributed by atoms with E-state index in [0.29, 0.717) is 18.2 Å². The van der Waals surface area contributed by atoms with Gasteiger partial charge in [-0.3, -0.25) is 10.1 Å². The number of ether oxygens (including phenoxy) is 1. The third-order valence-electron chi connectivity index (χ3n) is 2.50. The molecule has 2 rings (SSSR count). The lowest BCUT2D eigenvalue weighted by Crippen LogP contribution is -2.22. The molecule has 3 amide bonds. The van der Waals surface area contributed by atoms with E-state index in [0.717, 1.165) is 6.54 Å². The number of nitrogens with zero attached hydrogens (tertiary/aromatic N) is 3. The summed E-state index contributed by atoms with van der Waals surface area (Å²) in [6.45, 7) is 1.16. The van der Waals surface area contributed by atoms with E-state index in [1.54, 1.807) is 0 Å². The highest BCUT2D eigenvalue weighted by atomic mass is 35.5. The standard InChI is InChI=1S/C12H14ClN5O3/c1-18(2)3-4-21-9-6-7(14-11(13)16-9)5-8-10(19)17-12(20)15-8/h5-6H,3-4H2,1-2H3,(H2,15,17,19,20). The van der Waals surface area contributed by atoms with Crippen molar-refractivity contribution in [1.29, 1.82) is 0 Å². The Morgan fingerprint density at radius 1 is 1.33 bits per heavy atom. The molecule has 1 aliphatic heterocycles. The van der Waals surface area contributed by atoms with Crippen molar-refractivity contribution < 1.29 is 14.3 Å². The van der Waals surface area contributed by atoms with E-state index in [2.05, 4.69) is 20.6 Å². The molecule has 0 spiro atoms. The van der Waals surface area contributed by atoms with Crippen molar-refractivity contribution in [2.45, 2.75) is 0 Å². The number of amides is 3. The van der Waals surface area contributed by atoms with E-state index in [9.17, 15) is 9.59 Å². The van der Waals surface area contributed by atoms with Crippen LogP contribution in [0, 0.1) is 0 Å². The lowest BCUT2D eigenvalue weighted by atomic mass is 10.3. The maximum absolute atomic E-state index is 11.4. The van der Waals surface area contributed by atoms with Gasteiger partial charge in [-0.05, 0) is 31.8 Å². The molecule has 0 aliphatic carbocycles. The summed E-state index contributed by atoms with van der Waals surface area (Å²) in [6.07, 6.45) is 1.40.